The molecule has 0 radical (unpaired) electrons. The van der Waals surface area contributed by atoms with Crippen molar-refractivity contribution >= 4 is 21.7 Å². The number of pyridine rings is 1. The minimum atomic E-state index is -0.279. The number of halogens is 2. The molecule has 2 aliphatic rings. The molecular formula is C14H19BrFN3. The summed E-state index contributed by atoms with van der Waals surface area (Å²) >= 11 is 3.23. The molecule has 2 aliphatic heterocycles. The molecule has 3 nitrogen and oxygen atoms in total. The Bertz CT molecular complexity index is 454. The zero-order valence-electron chi connectivity index (χ0n) is 11.1. The van der Waals surface area contributed by atoms with Crippen molar-refractivity contribution in [1.82, 2.24) is 9.88 Å². The molecule has 1 aromatic heterocycles. The minimum Gasteiger partial charge on any atom is -0.365 e. The van der Waals surface area contributed by atoms with E-state index in [1.54, 1.807) is 6.20 Å². The third kappa shape index (κ3) is 2.77. The van der Waals surface area contributed by atoms with E-state index in [1.807, 2.05) is 0 Å². The van der Waals surface area contributed by atoms with Gasteiger partial charge in [0.25, 0.3) is 0 Å². The largest absolute Gasteiger partial charge is 0.365 e. The van der Waals surface area contributed by atoms with E-state index >= 15 is 0 Å². The van der Waals surface area contributed by atoms with Gasteiger partial charge in [-0.15, -0.1) is 0 Å². The molecule has 0 amide bonds. The molecule has 104 valence electrons. The monoisotopic (exact) mass is 327 g/mol. The van der Waals surface area contributed by atoms with Gasteiger partial charge in [-0.25, -0.2) is 9.37 Å². The first kappa shape index (κ1) is 13.3. The van der Waals surface area contributed by atoms with Gasteiger partial charge in [0.05, 0.1) is 0 Å². The predicted molar refractivity (Wildman–Crippen MR) is 77.7 cm³/mol. The van der Waals surface area contributed by atoms with Crippen LogP contribution in [0.2, 0.25) is 0 Å². The van der Waals surface area contributed by atoms with Gasteiger partial charge in [0, 0.05) is 28.8 Å². The molecule has 1 aromatic rings. The van der Waals surface area contributed by atoms with Crippen molar-refractivity contribution < 1.29 is 4.39 Å². The van der Waals surface area contributed by atoms with Crippen LogP contribution in [0.5, 0.6) is 0 Å². The fourth-order valence-electron chi connectivity index (χ4n) is 3.45. The van der Waals surface area contributed by atoms with E-state index in [-0.39, 0.29) is 5.82 Å². The summed E-state index contributed by atoms with van der Waals surface area (Å²) in [6.45, 7) is 0. The molecule has 5 heteroatoms. The van der Waals surface area contributed by atoms with Crippen LogP contribution < -0.4 is 5.32 Å². The van der Waals surface area contributed by atoms with Crippen LogP contribution in [0.1, 0.15) is 32.1 Å². The maximum Gasteiger partial charge on any atom is 0.166 e. The first-order valence-electron chi connectivity index (χ1n) is 6.93. The number of hydrogen-bond donors (Lipinski definition) is 1. The van der Waals surface area contributed by atoms with Crippen LogP contribution in [0.15, 0.2) is 16.7 Å². The molecule has 0 aliphatic carbocycles. The third-order valence-electron chi connectivity index (χ3n) is 4.49. The van der Waals surface area contributed by atoms with Gasteiger partial charge in [-0.1, -0.05) is 6.42 Å². The topological polar surface area (TPSA) is 28.2 Å². The Hall–Kier alpha value is -0.680. The zero-order chi connectivity index (χ0) is 13.4. The number of aromatic nitrogens is 1. The van der Waals surface area contributed by atoms with E-state index < -0.39 is 0 Å². The Morgan fingerprint density at radius 1 is 1.37 bits per heavy atom. The lowest BCUT2D eigenvalue weighted by Gasteiger charge is -2.47. The maximum atomic E-state index is 13.8. The lowest BCUT2D eigenvalue weighted by atomic mass is 9.82. The van der Waals surface area contributed by atoms with Crippen molar-refractivity contribution in [3.05, 3.63) is 22.6 Å². The van der Waals surface area contributed by atoms with E-state index in [1.165, 1.54) is 25.3 Å². The summed E-state index contributed by atoms with van der Waals surface area (Å²) in [5.41, 5.74) is 0. The SMILES string of the molecule is CN1C2CCCC1CC(Nc1ncc(Br)cc1F)C2. The van der Waals surface area contributed by atoms with Crippen LogP contribution >= 0.6 is 15.9 Å². The lowest BCUT2D eigenvalue weighted by Crippen LogP contribution is -2.52. The number of nitrogens with zero attached hydrogens (tertiary/aromatic N) is 2. The van der Waals surface area contributed by atoms with E-state index in [0.717, 1.165) is 12.8 Å². The van der Waals surface area contributed by atoms with Crippen molar-refractivity contribution in [1.29, 1.82) is 0 Å². The molecule has 19 heavy (non-hydrogen) atoms. The molecule has 0 aromatic carbocycles. The molecule has 2 unspecified atom stereocenters. The number of hydrogen-bond acceptors (Lipinski definition) is 3. The van der Waals surface area contributed by atoms with E-state index in [0.29, 0.717) is 28.4 Å². The summed E-state index contributed by atoms with van der Waals surface area (Å²) < 4.78 is 14.5. The quantitative estimate of drug-likeness (QED) is 0.902. The molecule has 2 fully saturated rings. The summed E-state index contributed by atoms with van der Waals surface area (Å²) in [5.74, 6) is 0.106. The van der Waals surface area contributed by atoms with Gasteiger partial charge in [-0.3, -0.25) is 0 Å². The maximum absolute atomic E-state index is 13.8. The van der Waals surface area contributed by atoms with Crippen molar-refractivity contribution in [3.63, 3.8) is 0 Å². The fraction of sp³-hybridized carbons (Fsp3) is 0.643. The average Bonchev–Trinajstić information content (AvgIpc) is 2.34. The lowest BCUT2D eigenvalue weighted by molar-refractivity contribution is 0.0607. The molecule has 0 spiro atoms. The Balaban J connectivity index is 1.70. The molecular weight excluding hydrogens is 309 g/mol. The Kier molecular flexibility index (Phi) is 3.76. The Labute approximate surface area is 121 Å². The standard InChI is InChI=1S/C14H19BrFN3/c1-19-11-3-2-4-12(19)7-10(6-11)18-14-13(16)5-9(15)8-17-14/h5,8,10-12H,2-4,6-7H2,1H3,(H,17,18). The summed E-state index contributed by atoms with van der Waals surface area (Å²) in [6, 6.07) is 3.09. The number of fused-ring (bicyclic) bond motifs is 2. The fourth-order valence-corrected chi connectivity index (χ4v) is 3.75. The van der Waals surface area contributed by atoms with Crippen LogP contribution in [0.25, 0.3) is 0 Å². The van der Waals surface area contributed by atoms with E-state index in [2.05, 4.69) is 38.2 Å². The second kappa shape index (κ2) is 5.37. The minimum absolute atomic E-state index is 0.279. The molecule has 2 bridgehead atoms. The number of rotatable bonds is 2. The highest BCUT2D eigenvalue weighted by atomic mass is 79.9. The number of nitrogens with one attached hydrogen (secondary N) is 1. The highest BCUT2D eigenvalue weighted by Crippen LogP contribution is 2.34. The Morgan fingerprint density at radius 2 is 2.05 bits per heavy atom. The Morgan fingerprint density at radius 3 is 2.68 bits per heavy atom. The molecule has 3 heterocycles. The van der Waals surface area contributed by atoms with Crippen molar-refractivity contribution in [2.45, 2.75) is 50.2 Å². The third-order valence-corrected chi connectivity index (χ3v) is 4.92. The summed E-state index contributed by atoms with van der Waals surface area (Å²) in [6.07, 6.45) is 7.68. The highest BCUT2D eigenvalue weighted by Gasteiger charge is 2.36. The number of anilines is 1. The predicted octanol–water partition coefficient (Wildman–Crippen LogP) is 3.41. The normalized spacial score (nSPS) is 31.2. The van der Waals surface area contributed by atoms with Crippen LogP contribution in [0.4, 0.5) is 10.2 Å². The first-order valence-corrected chi connectivity index (χ1v) is 7.72. The molecule has 0 saturated carbocycles. The summed E-state index contributed by atoms with van der Waals surface area (Å²) in [5, 5.41) is 3.29. The van der Waals surface area contributed by atoms with Crippen LogP contribution in [-0.2, 0) is 0 Å². The summed E-state index contributed by atoms with van der Waals surface area (Å²) in [4.78, 5) is 6.65. The van der Waals surface area contributed by atoms with Gasteiger partial charge in [-0.05, 0) is 54.7 Å². The molecule has 3 rings (SSSR count). The first-order chi connectivity index (χ1) is 9.13. The van der Waals surface area contributed by atoms with E-state index in [4.69, 9.17) is 0 Å². The molecule has 2 atom stereocenters. The van der Waals surface area contributed by atoms with Crippen molar-refractivity contribution in [3.8, 4) is 0 Å². The number of piperidine rings is 2. The van der Waals surface area contributed by atoms with Gasteiger partial charge in [-0.2, -0.15) is 0 Å². The van der Waals surface area contributed by atoms with Gasteiger partial charge >= 0.3 is 0 Å². The van der Waals surface area contributed by atoms with Crippen molar-refractivity contribution in [2.24, 2.45) is 0 Å². The van der Waals surface area contributed by atoms with Crippen LogP contribution in [0, 0.1) is 5.82 Å². The second-order valence-electron chi connectivity index (χ2n) is 5.70. The highest BCUT2D eigenvalue weighted by molar-refractivity contribution is 9.10. The van der Waals surface area contributed by atoms with Crippen LogP contribution in [0.3, 0.4) is 0 Å². The van der Waals surface area contributed by atoms with Crippen molar-refractivity contribution in [2.75, 3.05) is 12.4 Å². The van der Waals surface area contributed by atoms with Crippen LogP contribution in [-0.4, -0.2) is 35.1 Å². The second-order valence-corrected chi connectivity index (χ2v) is 6.62. The molecule has 2 saturated heterocycles. The van der Waals surface area contributed by atoms with Gasteiger partial charge < -0.3 is 10.2 Å². The average molecular weight is 328 g/mol. The van der Waals surface area contributed by atoms with Gasteiger partial charge in [0.2, 0.25) is 0 Å². The smallest absolute Gasteiger partial charge is 0.166 e. The van der Waals surface area contributed by atoms with Gasteiger partial charge in [0.1, 0.15) is 0 Å². The summed E-state index contributed by atoms with van der Waals surface area (Å²) in [7, 11) is 2.23. The van der Waals surface area contributed by atoms with E-state index in [9.17, 15) is 4.39 Å². The zero-order valence-corrected chi connectivity index (χ0v) is 12.7. The molecule has 1 N–H and O–H groups in total. The van der Waals surface area contributed by atoms with Gasteiger partial charge in [0.15, 0.2) is 11.6 Å².